The van der Waals surface area contributed by atoms with E-state index in [-0.39, 0.29) is 24.1 Å². The SMILES string of the molecule is CC(C)(N)C(=O)N1CC(c2cc(F)ccc2F)=CC1c1ccccc1. The largest absolute Gasteiger partial charge is 0.326 e. The van der Waals surface area contributed by atoms with Crippen molar-refractivity contribution in [3.63, 3.8) is 0 Å². The first kappa shape index (κ1) is 17.3. The van der Waals surface area contributed by atoms with Crippen molar-refractivity contribution in [3.05, 3.63) is 77.4 Å². The molecule has 2 aromatic rings. The molecule has 3 nitrogen and oxygen atoms in total. The van der Waals surface area contributed by atoms with Crippen molar-refractivity contribution < 1.29 is 13.6 Å². The summed E-state index contributed by atoms with van der Waals surface area (Å²) < 4.78 is 27.7. The van der Waals surface area contributed by atoms with Gasteiger partial charge in [0.2, 0.25) is 5.91 Å². The third-order valence-corrected chi connectivity index (χ3v) is 4.26. The number of rotatable bonds is 3. The van der Waals surface area contributed by atoms with Gasteiger partial charge in [0.15, 0.2) is 0 Å². The Kier molecular flexibility index (Phi) is 4.43. The summed E-state index contributed by atoms with van der Waals surface area (Å²) in [5.74, 6) is -1.28. The molecule has 0 aliphatic carbocycles. The van der Waals surface area contributed by atoms with Crippen LogP contribution in [0.5, 0.6) is 0 Å². The number of nitrogens with zero attached hydrogens (tertiary/aromatic N) is 1. The van der Waals surface area contributed by atoms with Crippen molar-refractivity contribution in [2.24, 2.45) is 5.73 Å². The van der Waals surface area contributed by atoms with Crippen molar-refractivity contribution in [2.45, 2.75) is 25.4 Å². The molecule has 1 atom stereocenters. The fourth-order valence-electron chi connectivity index (χ4n) is 3.03. The van der Waals surface area contributed by atoms with Crippen LogP contribution in [-0.4, -0.2) is 22.9 Å². The third-order valence-electron chi connectivity index (χ3n) is 4.26. The Bertz CT molecular complexity index is 825. The normalized spacial score (nSPS) is 17.6. The van der Waals surface area contributed by atoms with Gasteiger partial charge in [0, 0.05) is 12.1 Å². The maximum atomic E-state index is 14.2. The zero-order valence-electron chi connectivity index (χ0n) is 14.2. The molecule has 1 aliphatic heterocycles. The van der Waals surface area contributed by atoms with Gasteiger partial charge in [-0.15, -0.1) is 0 Å². The molecule has 0 radical (unpaired) electrons. The average molecular weight is 342 g/mol. The first-order valence-corrected chi connectivity index (χ1v) is 8.08. The lowest BCUT2D eigenvalue weighted by Gasteiger charge is -2.31. The minimum Gasteiger partial charge on any atom is -0.326 e. The van der Waals surface area contributed by atoms with E-state index in [4.69, 9.17) is 5.73 Å². The average Bonchev–Trinajstić information content (AvgIpc) is 3.01. The second-order valence-electron chi connectivity index (χ2n) is 6.83. The number of hydrogen-bond donors (Lipinski definition) is 1. The first-order chi connectivity index (χ1) is 11.8. The maximum Gasteiger partial charge on any atom is 0.243 e. The molecule has 0 spiro atoms. The summed E-state index contributed by atoms with van der Waals surface area (Å²) in [5, 5.41) is 0. The molecule has 1 unspecified atom stereocenters. The van der Waals surface area contributed by atoms with Gasteiger partial charge in [0.25, 0.3) is 0 Å². The smallest absolute Gasteiger partial charge is 0.243 e. The van der Waals surface area contributed by atoms with Crippen molar-refractivity contribution in [2.75, 3.05) is 6.54 Å². The number of amides is 1. The van der Waals surface area contributed by atoms with Crippen LogP contribution < -0.4 is 5.73 Å². The molecule has 0 bridgehead atoms. The Morgan fingerprint density at radius 2 is 1.84 bits per heavy atom. The van der Waals surface area contributed by atoms with Crippen LogP contribution >= 0.6 is 0 Å². The van der Waals surface area contributed by atoms with Crippen LogP contribution in [-0.2, 0) is 4.79 Å². The zero-order valence-corrected chi connectivity index (χ0v) is 14.2. The zero-order chi connectivity index (χ0) is 18.2. The molecule has 0 saturated heterocycles. The van der Waals surface area contributed by atoms with Crippen LogP contribution in [0.4, 0.5) is 8.78 Å². The Morgan fingerprint density at radius 1 is 1.16 bits per heavy atom. The van der Waals surface area contributed by atoms with Crippen LogP contribution in [0.3, 0.4) is 0 Å². The van der Waals surface area contributed by atoms with Gasteiger partial charge in [-0.05, 0) is 43.2 Å². The number of carbonyl (C=O) groups is 1. The molecule has 0 aromatic heterocycles. The van der Waals surface area contributed by atoms with Crippen molar-refractivity contribution in [1.29, 1.82) is 0 Å². The molecule has 0 saturated carbocycles. The third kappa shape index (κ3) is 3.46. The Balaban J connectivity index is 2.05. The van der Waals surface area contributed by atoms with Gasteiger partial charge in [0.05, 0.1) is 11.6 Å². The Morgan fingerprint density at radius 3 is 2.48 bits per heavy atom. The van der Waals surface area contributed by atoms with Crippen molar-refractivity contribution in [3.8, 4) is 0 Å². The quantitative estimate of drug-likeness (QED) is 0.925. The van der Waals surface area contributed by atoms with E-state index in [9.17, 15) is 13.6 Å². The van der Waals surface area contributed by atoms with Gasteiger partial charge in [0.1, 0.15) is 11.6 Å². The van der Waals surface area contributed by atoms with Crippen molar-refractivity contribution in [1.82, 2.24) is 4.90 Å². The predicted molar refractivity (Wildman–Crippen MR) is 93.5 cm³/mol. The van der Waals surface area contributed by atoms with Gasteiger partial charge >= 0.3 is 0 Å². The molecule has 3 rings (SSSR count). The number of halogens is 2. The highest BCUT2D eigenvalue weighted by Gasteiger charge is 2.37. The molecule has 2 N–H and O–H groups in total. The summed E-state index contributed by atoms with van der Waals surface area (Å²) in [6.07, 6.45) is 1.80. The molecule has 0 fully saturated rings. The standard InChI is InChI=1S/C20H20F2N2O/c1-20(2,23)19(25)24-12-14(16-11-15(21)8-9-17(16)22)10-18(24)13-6-4-3-5-7-13/h3-11,18H,12,23H2,1-2H3. The van der Waals surface area contributed by atoms with E-state index in [1.165, 1.54) is 0 Å². The second-order valence-corrected chi connectivity index (χ2v) is 6.83. The lowest BCUT2D eigenvalue weighted by Crippen LogP contribution is -2.51. The predicted octanol–water partition coefficient (Wildman–Crippen LogP) is 3.67. The van der Waals surface area contributed by atoms with E-state index >= 15 is 0 Å². The highest BCUT2D eigenvalue weighted by molar-refractivity contribution is 5.89. The number of nitrogens with two attached hydrogens (primary N) is 1. The Hall–Kier alpha value is -2.53. The lowest BCUT2D eigenvalue weighted by molar-refractivity contribution is -0.136. The summed E-state index contributed by atoms with van der Waals surface area (Å²) in [7, 11) is 0. The summed E-state index contributed by atoms with van der Waals surface area (Å²) in [6, 6.07) is 12.4. The fourth-order valence-corrected chi connectivity index (χ4v) is 3.03. The topological polar surface area (TPSA) is 46.3 Å². The molecule has 2 aromatic carbocycles. The number of benzene rings is 2. The van der Waals surface area contributed by atoms with Gasteiger partial charge < -0.3 is 10.6 Å². The minimum atomic E-state index is -1.06. The summed E-state index contributed by atoms with van der Waals surface area (Å²) >= 11 is 0. The van der Waals surface area contributed by atoms with Crippen LogP contribution in [0.25, 0.3) is 5.57 Å². The summed E-state index contributed by atoms with van der Waals surface area (Å²) in [6.45, 7) is 3.45. The van der Waals surface area contributed by atoms with E-state index in [0.29, 0.717) is 5.57 Å². The van der Waals surface area contributed by atoms with E-state index in [1.54, 1.807) is 24.8 Å². The molecular weight excluding hydrogens is 322 g/mol. The minimum absolute atomic E-state index is 0.172. The fraction of sp³-hybridized carbons (Fsp3) is 0.250. The summed E-state index contributed by atoms with van der Waals surface area (Å²) in [5.41, 5.74) is 6.57. The van der Waals surface area contributed by atoms with Crippen LogP contribution in [0.1, 0.15) is 31.0 Å². The van der Waals surface area contributed by atoms with E-state index in [0.717, 1.165) is 23.8 Å². The second kappa shape index (κ2) is 6.41. The van der Waals surface area contributed by atoms with Gasteiger partial charge in [-0.25, -0.2) is 8.78 Å². The Labute approximate surface area is 145 Å². The molecule has 5 heteroatoms. The highest BCUT2D eigenvalue weighted by atomic mass is 19.1. The lowest BCUT2D eigenvalue weighted by atomic mass is 10.0. The van der Waals surface area contributed by atoms with Gasteiger partial charge in [-0.3, -0.25) is 4.79 Å². The summed E-state index contributed by atoms with van der Waals surface area (Å²) in [4.78, 5) is 14.4. The number of hydrogen-bond acceptors (Lipinski definition) is 2. The van der Waals surface area contributed by atoms with Gasteiger partial charge in [-0.2, -0.15) is 0 Å². The molecule has 25 heavy (non-hydrogen) atoms. The maximum absolute atomic E-state index is 14.2. The molecule has 130 valence electrons. The van der Waals surface area contributed by atoms with Crippen LogP contribution in [0, 0.1) is 11.6 Å². The van der Waals surface area contributed by atoms with Gasteiger partial charge in [-0.1, -0.05) is 36.4 Å². The van der Waals surface area contributed by atoms with E-state index in [1.807, 2.05) is 30.3 Å². The van der Waals surface area contributed by atoms with E-state index < -0.39 is 17.2 Å². The first-order valence-electron chi connectivity index (χ1n) is 8.08. The molecule has 1 aliphatic rings. The number of carbonyl (C=O) groups excluding carboxylic acids is 1. The van der Waals surface area contributed by atoms with E-state index in [2.05, 4.69) is 0 Å². The van der Waals surface area contributed by atoms with Crippen LogP contribution in [0.2, 0.25) is 0 Å². The molecular formula is C20H20F2N2O. The van der Waals surface area contributed by atoms with Crippen LogP contribution in [0.15, 0.2) is 54.6 Å². The monoisotopic (exact) mass is 342 g/mol. The molecule has 1 amide bonds. The van der Waals surface area contributed by atoms with Crippen molar-refractivity contribution >= 4 is 11.5 Å². The highest BCUT2D eigenvalue weighted by Crippen LogP contribution is 2.36. The molecule has 1 heterocycles.